The highest BCUT2D eigenvalue weighted by Crippen LogP contribution is 2.32. The lowest BCUT2D eigenvalue weighted by molar-refractivity contribution is -0.146. The van der Waals surface area contributed by atoms with Gasteiger partial charge in [-0.15, -0.1) is 0 Å². The Labute approximate surface area is 178 Å². The molecule has 0 radical (unpaired) electrons. The molecule has 0 spiro atoms. The SMILES string of the molecule is CC(=O)Nc1ccc(CC(=O)OCC(=O)Nc2c(C(C)C)cccc2C(C)C)cc1. The Hall–Kier alpha value is -3.15. The zero-order valence-electron chi connectivity index (χ0n) is 18.2. The average Bonchev–Trinajstić information content (AvgIpc) is 2.67. The summed E-state index contributed by atoms with van der Waals surface area (Å²) >= 11 is 0. The highest BCUT2D eigenvalue weighted by Gasteiger charge is 2.17. The number of para-hydroxylation sites is 1. The van der Waals surface area contributed by atoms with Gasteiger partial charge >= 0.3 is 5.97 Å². The molecular weight excluding hydrogens is 380 g/mol. The van der Waals surface area contributed by atoms with Crippen LogP contribution in [0.4, 0.5) is 11.4 Å². The van der Waals surface area contributed by atoms with Gasteiger partial charge in [-0.3, -0.25) is 14.4 Å². The molecule has 0 fully saturated rings. The highest BCUT2D eigenvalue weighted by atomic mass is 16.5. The lowest BCUT2D eigenvalue weighted by Crippen LogP contribution is -2.23. The summed E-state index contributed by atoms with van der Waals surface area (Å²) in [5, 5.41) is 5.60. The molecule has 30 heavy (non-hydrogen) atoms. The van der Waals surface area contributed by atoms with Gasteiger partial charge in [0.1, 0.15) is 0 Å². The molecule has 0 aliphatic rings. The Morgan fingerprint density at radius 2 is 1.43 bits per heavy atom. The zero-order valence-corrected chi connectivity index (χ0v) is 18.2. The number of hydrogen-bond donors (Lipinski definition) is 2. The van der Waals surface area contributed by atoms with E-state index in [4.69, 9.17) is 4.74 Å². The zero-order chi connectivity index (χ0) is 22.3. The average molecular weight is 411 g/mol. The summed E-state index contributed by atoms with van der Waals surface area (Å²) < 4.78 is 5.15. The standard InChI is InChI=1S/C24H30N2O4/c1-15(2)20-7-6-8-21(16(3)4)24(20)26-22(28)14-30-23(29)13-18-9-11-19(12-10-18)25-17(5)27/h6-12,15-16H,13-14H2,1-5H3,(H,25,27)(H,26,28). The van der Waals surface area contributed by atoms with Crippen LogP contribution >= 0.6 is 0 Å². The first-order valence-corrected chi connectivity index (χ1v) is 10.1. The van der Waals surface area contributed by atoms with E-state index in [-0.39, 0.29) is 36.7 Å². The molecule has 2 aromatic carbocycles. The first-order valence-electron chi connectivity index (χ1n) is 10.1. The van der Waals surface area contributed by atoms with Gasteiger partial charge < -0.3 is 15.4 Å². The Kier molecular flexibility index (Phi) is 8.16. The molecule has 2 N–H and O–H groups in total. The van der Waals surface area contributed by atoms with Crippen LogP contribution in [0.25, 0.3) is 0 Å². The third-order valence-electron chi connectivity index (χ3n) is 4.62. The van der Waals surface area contributed by atoms with Crippen LogP contribution in [0.3, 0.4) is 0 Å². The van der Waals surface area contributed by atoms with E-state index in [1.54, 1.807) is 24.3 Å². The Bertz CT molecular complexity index is 876. The molecule has 2 amide bonds. The quantitative estimate of drug-likeness (QED) is 0.622. The number of esters is 1. The maximum atomic E-state index is 12.4. The molecule has 0 aliphatic carbocycles. The number of rotatable bonds is 8. The van der Waals surface area contributed by atoms with Crippen molar-refractivity contribution in [3.63, 3.8) is 0 Å². The van der Waals surface area contributed by atoms with Gasteiger partial charge in [0.25, 0.3) is 5.91 Å². The predicted octanol–water partition coefficient (Wildman–Crippen LogP) is 4.62. The number of ether oxygens (including phenoxy) is 1. The van der Waals surface area contributed by atoms with E-state index < -0.39 is 5.97 Å². The second kappa shape index (κ2) is 10.6. The molecule has 0 saturated carbocycles. The summed E-state index contributed by atoms with van der Waals surface area (Å²) in [6.07, 6.45) is 0.0491. The van der Waals surface area contributed by atoms with Crippen molar-refractivity contribution < 1.29 is 19.1 Å². The van der Waals surface area contributed by atoms with Gasteiger partial charge in [0.15, 0.2) is 6.61 Å². The maximum absolute atomic E-state index is 12.4. The molecule has 6 nitrogen and oxygen atoms in total. The first kappa shape index (κ1) is 23.1. The minimum absolute atomic E-state index is 0.0491. The number of hydrogen-bond acceptors (Lipinski definition) is 4. The number of amides is 2. The van der Waals surface area contributed by atoms with Gasteiger partial charge in [0.2, 0.25) is 5.91 Å². The third kappa shape index (κ3) is 6.72. The number of carbonyl (C=O) groups excluding carboxylic acids is 3. The molecule has 2 rings (SSSR count). The first-order chi connectivity index (χ1) is 14.2. The van der Waals surface area contributed by atoms with Crippen molar-refractivity contribution in [2.45, 2.75) is 52.9 Å². The van der Waals surface area contributed by atoms with Crippen molar-refractivity contribution in [1.29, 1.82) is 0 Å². The minimum Gasteiger partial charge on any atom is -0.455 e. The second-order valence-corrected chi connectivity index (χ2v) is 7.88. The molecule has 6 heteroatoms. The van der Waals surface area contributed by atoms with E-state index in [1.807, 2.05) is 18.2 Å². The van der Waals surface area contributed by atoms with Gasteiger partial charge in [-0.25, -0.2) is 0 Å². The number of carbonyl (C=O) groups is 3. The summed E-state index contributed by atoms with van der Waals surface area (Å²) in [4.78, 5) is 35.6. The molecule has 2 aromatic rings. The van der Waals surface area contributed by atoms with E-state index in [1.165, 1.54) is 6.92 Å². The summed E-state index contributed by atoms with van der Waals surface area (Å²) in [7, 11) is 0. The Morgan fingerprint density at radius 3 is 1.93 bits per heavy atom. The topological polar surface area (TPSA) is 84.5 Å². The second-order valence-electron chi connectivity index (χ2n) is 7.88. The van der Waals surface area contributed by atoms with Crippen LogP contribution in [0.15, 0.2) is 42.5 Å². The lowest BCUT2D eigenvalue weighted by atomic mass is 9.92. The Balaban J connectivity index is 1.95. The normalized spacial score (nSPS) is 10.8. The van der Waals surface area contributed by atoms with E-state index in [2.05, 4.69) is 38.3 Å². The fraction of sp³-hybridized carbons (Fsp3) is 0.375. The monoisotopic (exact) mass is 410 g/mol. The van der Waals surface area contributed by atoms with Crippen LogP contribution < -0.4 is 10.6 Å². The molecule has 160 valence electrons. The maximum Gasteiger partial charge on any atom is 0.310 e. The molecule has 0 bridgehead atoms. The van der Waals surface area contributed by atoms with Gasteiger partial charge in [-0.2, -0.15) is 0 Å². The molecule has 0 aliphatic heterocycles. The van der Waals surface area contributed by atoms with Gasteiger partial charge in [0, 0.05) is 18.3 Å². The molecule has 0 saturated heterocycles. The van der Waals surface area contributed by atoms with Crippen molar-refractivity contribution in [2.75, 3.05) is 17.2 Å². The Morgan fingerprint density at radius 1 is 0.867 bits per heavy atom. The summed E-state index contributed by atoms with van der Waals surface area (Å²) in [6.45, 7) is 9.39. The molecule has 0 aromatic heterocycles. The summed E-state index contributed by atoms with van der Waals surface area (Å²) in [5.41, 5.74) is 4.31. The lowest BCUT2D eigenvalue weighted by Gasteiger charge is -2.20. The molecule has 0 heterocycles. The van der Waals surface area contributed by atoms with Crippen LogP contribution in [0.1, 0.15) is 63.1 Å². The van der Waals surface area contributed by atoms with E-state index in [9.17, 15) is 14.4 Å². The van der Waals surface area contributed by atoms with Crippen LogP contribution in [0, 0.1) is 0 Å². The van der Waals surface area contributed by atoms with Crippen molar-refractivity contribution in [3.8, 4) is 0 Å². The number of benzene rings is 2. The van der Waals surface area contributed by atoms with E-state index in [0.717, 1.165) is 22.4 Å². The smallest absolute Gasteiger partial charge is 0.310 e. The minimum atomic E-state index is -0.487. The largest absolute Gasteiger partial charge is 0.455 e. The van der Waals surface area contributed by atoms with Crippen molar-refractivity contribution in [2.24, 2.45) is 0 Å². The molecular formula is C24H30N2O4. The number of nitrogens with one attached hydrogen (secondary N) is 2. The summed E-state index contributed by atoms with van der Waals surface area (Å²) in [6, 6.07) is 12.9. The third-order valence-corrected chi connectivity index (χ3v) is 4.62. The predicted molar refractivity (Wildman–Crippen MR) is 119 cm³/mol. The van der Waals surface area contributed by atoms with Gasteiger partial charge in [0.05, 0.1) is 6.42 Å². The van der Waals surface area contributed by atoms with Gasteiger partial charge in [-0.05, 0) is 40.7 Å². The number of anilines is 2. The van der Waals surface area contributed by atoms with Crippen LogP contribution in [-0.4, -0.2) is 24.4 Å². The molecule has 0 atom stereocenters. The van der Waals surface area contributed by atoms with Crippen molar-refractivity contribution in [3.05, 3.63) is 59.2 Å². The fourth-order valence-electron chi connectivity index (χ4n) is 3.14. The summed E-state index contributed by atoms with van der Waals surface area (Å²) in [5.74, 6) is -0.505. The van der Waals surface area contributed by atoms with Crippen LogP contribution in [0.2, 0.25) is 0 Å². The van der Waals surface area contributed by atoms with E-state index in [0.29, 0.717) is 5.69 Å². The van der Waals surface area contributed by atoms with Crippen molar-refractivity contribution in [1.82, 2.24) is 0 Å². The van der Waals surface area contributed by atoms with Crippen molar-refractivity contribution >= 4 is 29.2 Å². The fourth-order valence-corrected chi connectivity index (χ4v) is 3.14. The molecule has 0 unspecified atom stereocenters. The van der Waals surface area contributed by atoms with Gasteiger partial charge in [-0.1, -0.05) is 58.0 Å². The van der Waals surface area contributed by atoms with Crippen LogP contribution in [0.5, 0.6) is 0 Å². The highest BCUT2D eigenvalue weighted by molar-refractivity contribution is 5.94. The van der Waals surface area contributed by atoms with Crippen LogP contribution in [-0.2, 0) is 25.5 Å². The van der Waals surface area contributed by atoms with E-state index >= 15 is 0 Å².